The Labute approximate surface area is 160 Å². The molecule has 0 radical (unpaired) electrons. The first kappa shape index (κ1) is 17.5. The first-order chi connectivity index (χ1) is 13.6. The molecule has 0 aliphatic heterocycles. The lowest BCUT2D eigenvalue weighted by molar-refractivity contribution is 0.0651. The molecule has 4 nitrogen and oxygen atoms in total. The molecule has 0 aromatic heterocycles. The summed E-state index contributed by atoms with van der Waals surface area (Å²) in [5.74, 6) is -2.46. The predicted molar refractivity (Wildman–Crippen MR) is 111 cm³/mol. The molecule has 5 aromatic rings. The molecule has 0 spiro atoms. The van der Waals surface area contributed by atoms with Crippen LogP contribution in [0.15, 0.2) is 84.9 Å². The molecule has 0 fully saturated rings. The van der Waals surface area contributed by atoms with Crippen LogP contribution in [0, 0.1) is 0 Å². The second-order valence-corrected chi connectivity index (χ2v) is 6.45. The molecule has 0 amide bonds. The number of carboxylic acids is 2. The molecule has 28 heavy (non-hydrogen) atoms. The Morgan fingerprint density at radius 2 is 0.786 bits per heavy atom. The molecule has 0 aliphatic carbocycles. The van der Waals surface area contributed by atoms with Gasteiger partial charge in [-0.1, -0.05) is 72.8 Å². The van der Waals surface area contributed by atoms with Crippen LogP contribution in [0.5, 0.6) is 0 Å². The number of carbonyl (C=O) groups is 2. The normalized spacial score (nSPS) is 10.7. The molecule has 0 heterocycles. The summed E-state index contributed by atoms with van der Waals surface area (Å²) in [5.41, 5.74) is -0.380. The lowest BCUT2D eigenvalue weighted by Crippen LogP contribution is -2.06. The van der Waals surface area contributed by atoms with Crippen LogP contribution in [0.1, 0.15) is 20.7 Å². The van der Waals surface area contributed by atoms with Crippen molar-refractivity contribution < 1.29 is 19.8 Å². The topological polar surface area (TPSA) is 74.6 Å². The summed E-state index contributed by atoms with van der Waals surface area (Å²) in [6.07, 6.45) is 0. The zero-order chi connectivity index (χ0) is 19.7. The van der Waals surface area contributed by atoms with E-state index < -0.39 is 11.9 Å². The summed E-state index contributed by atoms with van der Waals surface area (Å²) in [5, 5.41) is 25.2. The summed E-state index contributed by atoms with van der Waals surface area (Å²) < 4.78 is 0. The van der Waals surface area contributed by atoms with Gasteiger partial charge in [0.05, 0.1) is 11.1 Å². The van der Waals surface area contributed by atoms with E-state index in [1.165, 1.54) is 56.6 Å². The third-order valence-electron chi connectivity index (χ3n) is 4.78. The van der Waals surface area contributed by atoms with Gasteiger partial charge in [0.1, 0.15) is 0 Å². The quantitative estimate of drug-likeness (QED) is 0.394. The first-order valence-electron chi connectivity index (χ1n) is 8.74. The van der Waals surface area contributed by atoms with E-state index in [1.807, 2.05) is 0 Å². The maximum atomic E-state index is 10.5. The lowest BCUT2D eigenvalue weighted by atomic mass is 9.95. The van der Waals surface area contributed by atoms with Crippen LogP contribution in [0.3, 0.4) is 0 Å². The summed E-state index contributed by atoms with van der Waals surface area (Å²) in [4.78, 5) is 20.9. The second kappa shape index (κ2) is 7.00. The van der Waals surface area contributed by atoms with Crippen LogP contribution in [-0.4, -0.2) is 22.2 Å². The smallest absolute Gasteiger partial charge is 0.336 e. The lowest BCUT2D eigenvalue weighted by Gasteiger charge is -2.09. The zero-order valence-corrected chi connectivity index (χ0v) is 14.8. The van der Waals surface area contributed by atoms with Crippen LogP contribution in [0.25, 0.3) is 32.3 Å². The van der Waals surface area contributed by atoms with Crippen molar-refractivity contribution in [1.82, 2.24) is 0 Å². The fourth-order valence-corrected chi connectivity index (χ4v) is 3.53. The maximum Gasteiger partial charge on any atom is 0.336 e. The SMILES string of the molecule is O=C(O)c1ccccc1C(=O)O.c1cc2ccc3cccc4ccc(c1)c2c34. The highest BCUT2D eigenvalue weighted by Crippen LogP contribution is 2.33. The number of aromatic carboxylic acids is 2. The zero-order valence-electron chi connectivity index (χ0n) is 14.8. The molecule has 4 heteroatoms. The monoisotopic (exact) mass is 368 g/mol. The average molecular weight is 368 g/mol. The van der Waals surface area contributed by atoms with Crippen molar-refractivity contribution in [2.75, 3.05) is 0 Å². The fourth-order valence-electron chi connectivity index (χ4n) is 3.53. The van der Waals surface area contributed by atoms with E-state index >= 15 is 0 Å². The van der Waals surface area contributed by atoms with Crippen molar-refractivity contribution in [3.63, 3.8) is 0 Å². The van der Waals surface area contributed by atoms with Crippen molar-refractivity contribution in [3.05, 3.63) is 96.1 Å². The minimum atomic E-state index is -1.23. The molecule has 0 saturated carbocycles. The molecule has 0 unspecified atom stereocenters. The van der Waals surface area contributed by atoms with Crippen LogP contribution in [0.4, 0.5) is 0 Å². The largest absolute Gasteiger partial charge is 0.478 e. The third-order valence-corrected chi connectivity index (χ3v) is 4.78. The minimum Gasteiger partial charge on any atom is -0.478 e. The molecular weight excluding hydrogens is 352 g/mol. The molecular formula is C24H16O4. The molecule has 0 saturated heterocycles. The Hall–Kier alpha value is -3.92. The fraction of sp³-hybridized carbons (Fsp3) is 0. The number of rotatable bonds is 2. The third kappa shape index (κ3) is 3.01. The van der Waals surface area contributed by atoms with E-state index in [1.54, 1.807) is 0 Å². The molecule has 0 atom stereocenters. The number of benzene rings is 5. The molecule has 136 valence electrons. The number of carboxylic acid groups (broad SMARTS) is 2. The number of hydrogen-bond acceptors (Lipinski definition) is 2. The summed E-state index contributed by atoms with van der Waals surface area (Å²) in [6, 6.07) is 27.3. The minimum absolute atomic E-state index is 0.190. The Morgan fingerprint density at radius 1 is 0.464 bits per heavy atom. The van der Waals surface area contributed by atoms with Gasteiger partial charge in [-0.05, 0) is 44.5 Å². The van der Waals surface area contributed by atoms with Crippen LogP contribution in [-0.2, 0) is 0 Å². The van der Waals surface area contributed by atoms with Crippen LogP contribution >= 0.6 is 0 Å². The standard InChI is InChI=1S/C16H10.C8H6O4/c1-3-11-7-9-13-5-2-6-14-10-8-12(4-1)15(11)16(13)14;9-7(10)5-3-1-2-4-6(5)8(11)12/h1-10H;1-4H,(H,9,10)(H,11,12). The van der Waals surface area contributed by atoms with Crippen molar-refractivity contribution in [2.24, 2.45) is 0 Å². The highest BCUT2D eigenvalue weighted by Gasteiger charge is 2.13. The summed E-state index contributed by atoms with van der Waals surface area (Å²) in [7, 11) is 0. The van der Waals surface area contributed by atoms with Gasteiger partial charge in [-0.2, -0.15) is 0 Å². The van der Waals surface area contributed by atoms with Crippen molar-refractivity contribution in [1.29, 1.82) is 0 Å². The molecule has 0 bridgehead atoms. The van der Waals surface area contributed by atoms with E-state index in [4.69, 9.17) is 10.2 Å². The number of hydrogen-bond donors (Lipinski definition) is 2. The van der Waals surface area contributed by atoms with E-state index in [0.717, 1.165) is 0 Å². The molecule has 0 aliphatic rings. The Morgan fingerprint density at radius 3 is 1.07 bits per heavy atom. The van der Waals surface area contributed by atoms with Gasteiger partial charge in [0.2, 0.25) is 0 Å². The highest BCUT2D eigenvalue weighted by molar-refractivity contribution is 6.22. The Kier molecular flexibility index (Phi) is 4.38. The van der Waals surface area contributed by atoms with Crippen molar-refractivity contribution in [3.8, 4) is 0 Å². The van der Waals surface area contributed by atoms with Gasteiger partial charge in [0.15, 0.2) is 0 Å². The predicted octanol–water partition coefficient (Wildman–Crippen LogP) is 5.67. The Bertz CT molecular complexity index is 1160. The maximum absolute atomic E-state index is 10.5. The van der Waals surface area contributed by atoms with Gasteiger partial charge in [0, 0.05) is 0 Å². The van der Waals surface area contributed by atoms with Gasteiger partial charge >= 0.3 is 11.9 Å². The van der Waals surface area contributed by atoms with E-state index in [9.17, 15) is 9.59 Å². The van der Waals surface area contributed by atoms with Gasteiger partial charge in [0.25, 0.3) is 0 Å². The van der Waals surface area contributed by atoms with E-state index in [0.29, 0.717) is 0 Å². The summed E-state index contributed by atoms with van der Waals surface area (Å²) in [6.45, 7) is 0. The van der Waals surface area contributed by atoms with Crippen molar-refractivity contribution >= 4 is 44.3 Å². The van der Waals surface area contributed by atoms with Crippen LogP contribution < -0.4 is 0 Å². The van der Waals surface area contributed by atoms with Gasteiger partial charge in [-0.3, -0.25) is 0 Å². The molecule has 5 aromatic carbocycles. The molecule has 2 N–H and O–H groups in total. The van der Waals surface area contributed by atoms with E-state index in [2.05, 4.69) is 60.7 Å². The first-order valence-corrected chi connectivity index (χ1v) is 8.74. The molecule has 5 rings (SSSR count). The van der Waals surface area contributed by atoms with Gasteiger partial charge in [-0.25, -0.2) is 9.59 Å². The highest BCUT2D eigenvalue weighted by atomic mass is 16.4. The van der Waals surface area contributed by atoms with Gasteiger partial charge in [-0.15, -0.1) is 0 Å². The van der Waals surface area contributed by atoms with Crippen LogP contribution in [0.2, 0.25) is 0 Å². The van der Waals surface area contributed by atoms with Crippen molar-refractivity contribution in [2.45, 2.75) is 0 Å². The second-order valence-electron chi connectivity index (χ2n) is 6.45. The van der Waals surface area contributed by atoms with Gasteiger partial charge < -0.3 is 10.2 Å². The van der Waals surface area contributed by atoms with E-state index in [-0.39, 0.29) is 11.1 Å². The Balaban J connectivity index is 0.000000145. The average Bonchev–Trinajstić information content (AvgIpc) is 2.72. The summed E-state index contributed by atoms with van der Waals surface area (Å²) >= 11 is 0.